The summed E-state index contributed by atoms with van der Waals surface area (Å²) in [5, 5.41) is 16.9. The molecule has 1 aliphatic heterocycles. The highest BCUT2D eigenvalue weighted by molar-refractivity contribution is 5.76. The van der Waals surface area contributed by atoms with E-state index in [2.05, 4.69) is 26.5 Å². The second kappa shape index (κ2) is 6.84. The highest BCUT2D eigenvalue weighted by atomic mass is 19.1. The molecule has 0 saturated carbocycles. The molecule has 0 amide bonds. The molecule has 1 N–H and O–H groups in total. The Bertz CT molecular complexity index is 1330. The van der Waals surface area contributed by atoms with E-state index in [9.17, 15) is 9.65 Å². The van der Waals surface area contributed by atoms with Crippen molar-refractivity contribution >= 4 is 11.6 Å². The number of rotatable bonds is 4. The van der Waals surface area contributed by atoms with Crippen LogP contribution < -0.4 is 10.1 Å². The van der Waals surface area contributed by atoms with E-state index in [4.69, 9.17) is 4.74 Å². The third-order valence-corrected chi connectivity index (χ3v) is 5.25. The fraction of sp³-hybridized carbons (Fsp3) is 0.238. The van der Waals surface area contributed by atoms with Gasteiger partial charge in [0.15, 0.2) is 11.3 Å². The van der Waals surface area contributed by atoms with Crippen molar-refractivity contribution in [1.29, 1.82) is 5.26 Å². The average molecular weight is 403 g/mol. The third-order valence-electron chi connectivity index (χ3n) is 5.25. The first-order valence-electron chi connectivity index (χ1n) is 9.51. The monoisotopic (exact) mass is 403 g/mol. The first kappa shape index (κ1) is 18.1. The van der Waals surface area contributed by atoms with Crippen LogP contribution in [0.15, 0.2) is 30.6 Å². The van der Waals surface area contributed by atoms with E-state index in [0.717, 1.165) is 28.3 Å². The molecule has 0 fully saturated rings. The zero-order valence-corrected chi connectivity index (χ0v) is 16.5. The molecule has 1 aromatic carbocycles. The quantitative estimate of drug-likeness (QED) is 0.563. The maximum atomic E-state index is 14.5. The van der Waals surface area contributed by atoms with Crippen LogP contribution in [0, 0.1) is 24.1 Å². The van der Waals surface area contributed by atoms with Crippen molar-refractivity contribution in [3.05, 3.63) is 58.9 Å². The Morgan fingerprint density at radius 3 is 3.00 bits per heavy atom. The Labute approximate surface area is 171 Å². The number of anilines is 1. The van der Waals surface area contributed by atoms with Gasteiger partial charge in [-0.25, -0.2) is 14.4 Å². The largest absolute Gasteiger partial charge is 0.493 e. The minimum Gasteiger partial charge on any atom is -0.493 e. The summed E-state index contributed by atoms with van der Waals surface area (Å²) in [6.45, 7) is 2.71. The predicted octanol–water partition coefficient (Wildman–Crippen LogP) is 3.00. The highest BCUT2D eigenvalue weighted by Gasteiger charge is 2.20. The Hall–Kier alpha value is -3.93. The number of hydrogen-bond donors (Lipinski definition) is 1. The molecule has 0 saturated heterocycles. The number of halogens is 1. The van der Waals surface area contributed by atoms with Crippen molar-refractivity contribution in [2.75, 3.05) is 11.9 Å². The molecule has 0 spiro atoms. The van der Waals surface area contributed by atoms with E-state index in [1.165, 1.54) is 6.07 Å². The summed E-state index contributed by atoms with van der Waals surface area (Å²) in [6.07, 6.45) is 3.98. The lowest BCUT2D eigenvalue weighted by atomic mass is 10.0. The van der Waals surface area contributed by atoms with Crippen molar-refractivity contribution < 1.29 is 9.13 Å². The Morgan fingerprint density at radius 2 is 2.23 bits per heavy atom. The first-order chi connectivity index (χ1) is 14.5. The van der Waals surface area contributed by atoms with Crippen LogP contribution >= 0.6 is 0 Å². The molecule has 8 nitrogen and oxygen atoms in total. The first-order valence-corrected chi connectivity index (χ1v) is 9.51. The number of aromatic nitrogens is 5. The van der Waals surface area contributed by atoms with Crippen LogP contribution in [0.3, 0.4) is 0 Å². The summed E-state index contributed by atoms with van der Waals surface area (Å²) < 4.78 is 23.5. The summed E-state index contributed by atoms with van der Waals surface area (Å²) in [7, 11) is 1.85. The molecule has 4 aromatic rings. The fourth-order valence-corrected chi connectivity index (χ4v) is 3.88. The number of nitriles is 1. The topological polar surface area (TPSA) is 93.1 Å². The van der Waals surface area contributed by atoms with Crippen LogP contribution in [-0.2, 0) is 20.0 Å². The summed E-state index contributed by atoms with van der Waals surface area (Å²) >= 11 is 0. The number of imidazole rings is 1. The minimum atomic E-state index is -0.284. The Balaban J connectivity index is 1.56. The van der Waals surface area contributed by atoms with E-state index in [0.29, 0.717) is 30.2 Å². The third kappa shape index (κ3) is 2.85. The van der Waals surface area contributed by atoms with E-state index < -0.39 is 0 Å². The molecule has 3 aromatic heterocycles. The van der Waals surface area contributed by atoms with Gasteiger partial charge >= 0.3 is 0 Å². The summed E-state index contributed by atoms with van der Waals surface area (Å²) in [4.78, 5) is 8.96. The second-order valence-electron chi connectivity index (χ2n) is 7.18. The highest BCUT2D eigenvalue weighted by Crippen LogP contribution is 2.31. The molecule has 30 heavy (non-hydrogen) atoms. The average Bonchev–Trinajstić information content (AvgIpc) is 3.45. The Kier molecular flexibility index (Phi) is 4.13. The lowest BCUT2D eigenvalue weighted by molar-refractivity contribution is 0.356. The van der Waals surface area contributed by atoms with Gasteiger partial charge in [0.25, 0.3) is 0 Å². The lowest BCUT2D eigenvalue weighted by Crippen LogP contribution is -2.10. The van der Waals surface area contributed by atoms with Crippen LogP contribution in [0.2, 0.25) is 0 Å². The van der Waals surface area contributed by atoms with Crippen molar-refractivity contribution in [3.63, 3.8) is 0 Å². The van der Waals surface area contributed by atoms with Gasteiger partial charge in [-0.15, -0.1) is 0 Å². The van der Waals surface area contributed by atoms with E-state index in [1.807, 2.05) is 20.0 Å². The summed E-state index contributed by atoms with van der Waals surface area (Å²) in [5.41, 5.74) is 4.76. The standard InChI is InChI=1S/C21H18FN7O/c1-12-7-18(28(2)27-12)16-10-25-21(29-11-13(8-23)26-20(16)29)24-9-15-14-5-6-30-19(14)4-3-17(15)22/h3-4,7,10-11H,5-6,9H2,1-2H3,(H,24,25). The molecule has 5 rings (SSSR count). The van der Waals surface area contributed by atoms with Crippen LogP contribution in [0.1, 0.15) is 22.5 Å². The predicted molar refractivity (Wildman–Crippen MR) is 108 cm³/mol. The molecule has 1 aliphatic rings. The minimum absolute atomic E-state index is 0.241. The lowest BCUT2D eigenvalue weighted by Gasteiger charge is -2.13. The van der Waals surface area contributed by atoms with Crippen molar-refractivity contribution in [2.24, 2.45) is 7.05 Å². The van der Waals surface area contributed by atoms with E-state index >= 15 is 0 Å². The molecule has 4 heterocycles. The number of hydrogen-bond acceptors (Lipinski definition) is 6. The van der Waals surface area contributed by atoms with Gasteiger partial charge in [0, 0.05) is 37.3 Å². The van der Waals surface area contributed by atoms with Gasteiger partial charge in [-0.1, -0.05) is 0 Å². The van der Waals surface area contributed by atoms with Crippen LogP contribution in [0.25, 0.3) is 16.9 Å². The molecule has 150 valence electrons. The van der Waals surface area contributed by atoms with Gasteiger partial charge in [-0.3, -0.25) is 9.08 Å². The smallest absolute Gasteiger partial charge is 0.208 e. The molecule has 9 heteroatoms. The molecular weight excluding hydrogens is 385 g/mol. The number of fused-ring (bicyclic) bond motifs is 2. The normalized spacial score (nSPS) is 12.6. The van der Waals surface area contributed by atoms with E-state index in [-0.39, 0.29) is 18.1 Å². The maximum Gasteiger partial charge on any atom is 0.208 e. The molecule has 0 atom stereocenters. The van der Waals surface area contributed by atoms with Gasteiger partial charge in [0.2, 0.25) is 5.95 Å². The van der Waals surface area contributed by atoms with Crippen LogP contribution in [0.4, 0.5) is 10.3 Å². The molecular formula is C21H18FN7O. The van der Waals surface area contributed by atoms with Gasteiger partial charge in [-0.2, -0.15) is 10.4 Å². The number of nitrogens with zero attached hydrogens (tertiary/aromatic N) is 6. The van der Waals surface area contributed by atoms with Gasteiger partial charge < -0.3 is 10.1 Å². The molecule has 0 aliphatic carbocycles. The number of aryl methyl sites for hydroxylation is 2. The summed E-state index contributed by atoms with van der Waals surface area (Å²) in [5.74, 6) is 0.911. The molecule has 0 radical (unpaired) electrons. The fourth-order valence-electron chi connectivity index (χ4n) is 3.88. The van der Waals surface area contributed by atoms with Crippen molar-refractivity contribution in [2.45, 2.75) is 19.9 Å². The van der Waals surface area contributed by atoms with Crippen LogP contribution in [0.5, 0.6) is 5.75 Å². The zero-order chi connectivity index (χ0) is 20.8. The number of ether oxygens (including phenoxy) is 1. The second-order valence-corrected chi connectivity index (χ2v) is 7.18. The van der Waals surface area contributed by atoms with Crippen molar-refractivity contribution in [3.8, 4) is 23.1 Å². The number of nitrogens with one attached hydrogen (secondary N) is 1. The number of benzene rings is 1. The van der Waals surface area contributed by atoms with Gasteiger partial charge in [0.1, 0.15) is 17.6 Å². The Morgan fingerprint density at radius 1 is 1.37 bits per heavy atom. The molecule has 0 bridgehead atoms. The van der Waals surface area contributed by atoms with Crippen molar-refractivity contribution in [1.82, 2.24) is 24.1 Å². The maximum absolute atomic E-state index is 14.5. The summed E-state index contributed by atoms with van der Waals surface area (Å²) in [6, 6.07) is 7.09. The zero-order valence-electron chi connectivity index (χ0n) is 16.5. The van der Waals surface area contributed by atoms with E-state index in [1.54, 1.807) is 27.5 Å². The van der Waals surface area contributed by atoms with Gasteiger partial charge in [-0.05, 0) is 25.1 Å². The van der Waals surface area contributed by atoms with Crippen LogP contribution in [-0.4, -0.2) is 30.8 Å². The van der Waals surface area contributed by atoms with Gasteiger partial charge in [0.05, 0.1) is 29.8 Å². The molecule has 0 unspecified atom stereocenters. The SMILES string of the molecule is Cc1cc(-c2cnc(NCc3c(F)ccc4c3CCO4)n3cc(C#N)nc23)n(C)n1.